The number of amides is 1. The summed E-state index contributed by atoms with van der Waals surface area (Å²) in [6.07, 6.45) is 6.51. The van der Waals surface area contributed by atoms with E-state index >= 15 is 0 Å². The number of nitrogens with zero attached hydrogens (tertiary/aromatic N) is 2. The number of nitrogens with one attached hydrogen (secondary N) is 1. The zero-order valence-corrected chi connectivity index (χ0v) is 13.1. The van der Waals surface area contributed by atoms with Crippen molar-refractivity contribution in [3.8, 4) is 0 Å². The average molecular weight is 309 g/mol. The van der Waals surface area contributed by atoms with Crippen LogP contribution in [0.25, 0.3) is 0 Å². The monoisotopic (exact) mass is 309 g/mol. The molecule has 0 saturated heterocycles. The van der Waals surface area contributed by atoms with Crippen LogP contribution in [0.5, 0.6) is 0 Å². The molecule has 0 bridgehead atoms. The van der Waals surface area contributed by atoms with Crippen LogP contribution in [0.15, 0.2) is 23.1 Å². The molecule has 1 heterocycles. The van der Waals surface area contributed by atoms with Crippen LogP contribution in [0.4, 0.5) is 5.69 Å². The maximum atomic E-state index is 11.9. The molecule has 0 aliphatic heterocycles. The van der Waals surface area contributed by atoms with Gasteiger partial charge in [-0.1, -0.05) is 32.6 Å². The van der Waals surface area contributed by atoms with Crippen LogP contribution in [-0.4, -0.2) is 21.4 Å². The van der Waals surface area contributed by atoms with Crippen molar-refractivity contribution >= 4 is 11.6 Å². The number of carbonyl (C=O) groups excluding carboxylic acids is 1. The number of nitro groups is 1. The van der Waals surface area contributed by atoms with E-state index in [4.69, 9.17) is 0 Å². The van der Waals surface area contributed by atoms with E-state index < -0.39 is 10.5 Å². The summed E-state index contributed by atoms with van der Waals surface area (Å²) in [6, 6.07) is 2.26. The molecule has 1 N–H and O–H groups in total. The second-order valence-corrected chi connectivity index (χ2v) is 5.43. The molecule has 0 aromatic carbocycles. The van der Waals surface area contributed by atoms with E-state index in [1.807, 2.05) is 6.92 Å². The van der Waals surface area contributed by atoms with E-state index in [9.17, 15) is 19.7 Å². The third-order valence-electron chi connectivity index (χ3n) is 3.39. The Hall–Kier alpha value is -2.18. The van der Waals surface area contributed by atoms with E-state index in [0.29, 0.717) is 0 Å². The molecule has 0 fully saturated rings. The van der Waals surface area contributed by atoms with Gasteiger partial charge in [0.05, 0.1) is 11.1 Å². The lowest BCUT2D eigenvalue weighted by atomic mass is 10.1. The molecule has 0 spiro atoms. The van der Waals surface area contributed by atoms with Crippen molar-refractivity contribution in [1.29, 1.82) is 0 Å². The fourth-order valence-corrected chi connectivity index (χ4v) is 2.17. The molecule has 1 atom stereocenters. The Bertz CT molecular complexity index is 568. The molecule has 7 heteroatoms. The van der Waals surface area contributed by atoms with Crippen LogP contribution in [0, 0.1) is 10.1 Å². The normalized spacial score (nSPS) is 11.9. The molecule has 0 aliphatic carbocycles. The molecule has 1 aromatic heterocycles. The summed E-state index contributed by atoms with van der Waals surface area (Å²) in [5.74, 6) is -0.314. The smallest absolute Gasteiger partial charge is 0.285 e. The van der Waals surface area contributed by atoms with Crippen molar-refractivity contribution < 1.29 is 9.72 Å². The number of aromatic nitrogens is 1. The molecule has 0 saturated carbocycles. The number of unbranched alkanes of at least 4 members (excludes halogenated alkanes) is 3. The highest BCUT2D eigenvalue weighted by atomic mass is 16.6. The number of hydrogen-bond acceptors (Lipinski definition) is 4. The molecule has 0 aliphatic rings. The van der Waals surface area contributed by atoms with E-state index in [0.717, 1.165) is 48.6 Å². The SMILES string of the molecule is CCCCCC[C@H](C)NC(=O)Cn1cc([N+](=O)[O-])ccc1=O. The fourth-order valence-electron chi connectivity index (χ4n) is 2.17. The Morgan fingerprint density at radius 2 is 2.09 bits per heavy atom. The highest BCUT2D eigenvalue weighted by molar-refractivity contribution is 5.76. The Labute approximate surface area is 129 Å². The Morgan fingerprint density at radius 1 is 1.36 bits per heavy atom. The molecule has 0 unspecified atom stereocenters. The minimum atomic E-state index is -0.593. The van der Waals surface area contributed by atoms with Gasteiger partial charge in [0.2, 0.25) is 5.91 Å². The fraction of sp³-hybridized carbons (Fsp3) is 0.600. The van der Waals surface area contributed by atoms with Crippen LogP contribution < -0.4 is 10.9 Å². The van der Waals surface area contributed by atoms with Gasteiger partial charge in [-0.3, -0.25) is 24.3 Å². The first-order chi connectivity index (χ1) is 10.4. The highest BCUT2D eigenvalue weighted by Crippen LogP contribution is 2.07. The van der Waals surface area contributed by atoms with Gasteiger partial charge in [0.15, 0.2) is 0 Å². The van der Waals surface area contributed by atoms with Gasteiger partial charge in [-0.05, 0) is 13.3 Å². The summed E-state index contributed by atoms with van der Waals surface area (Å²) in [6.45, 7) is 3.85. The van der Waals surface area contributed by atoms with Crippen LogP contribution in [0.1, 0.15) is 46.0 Å². The molecule has 1 aromatic rings. The third kappa shape index (κ3) is 6.07. The van der Waals surface area contributed by atoms with Gasteiger partial charge < -0.3 is 5.32 Å². The van der Waals surface area contributed by atoms with Gasteiger partial charge in [-0.15, -0.1) is 0 Å². The van der Waals surface area contributed by atoms with E-state index in [-0.39, 0.29) is 24.2 Å². The minimum absolute atomic E-state index is 0.0266. The summed E-state index contributed by atoms with van der Waals surface area (Å²) in [4.78, 5) is 33.6. The van der Waals surface area contributed by atoms with Gasteiger partial charge in [0.1, 0.15) is 6.54 Å². The predicted octanol–water partition coefficient (Wildman–Crippen LogP) is 2.23. The largest absolute Gasteiger partial charge is 0.352 e. The van der Waals surface area contributed by atoms with Crippen molar-refractivity contribution in [3.05, 3.63) is 38.8 Å². The van der Waals surface area contributed by atoms with Crippen LogP contribution in [-0.2, 0) is 11.3 Å². The first kappa shape index (κ1) is 17.9. The number of rotatable bonds is 9. The van der Waals surface area contributed by atoms with Crippen molar-refractivity contribution in [3.63, 3.8) is 0 Å². The van der Waals surface area contributed by atoms with Gasteiger partial charge in [-0.25, -0.2) is 0 Å². The topological polar surface area (TPSA) is 94.2 Å². The zero-order chi connectivity index (χ0) is 16.5. The van der Waals surface area contributed by atoms with Gasteiger partial charge >= 0.3 is 0 Å². The van der Waals surface area contributed by atoms with Gasteiger partial charge in [0, 0.05) is 18.2 Å². The molecule has 122 valence electrons. The second-order valence-electron chi connectivity index (χ2n) is 5.43. The van der Waals surface area contributed by atoms with Crippen LogP contribution in [0.2, 0.25) is 0 Å². The summed E-state index contributed by atoms with van der Waals surface area (Å²) in [7, 11) is 0. The molecule has 1 rings (SSSR count). The number of pyridine rings is 1. The van der Waals surface area contributed by atoms with Gasteiger partial charge in [-0.2, -0.15) is 0 Å². The van der Waals surface area contributed by atoms with Crippen molar-refractivity contribution in [2.45, 2.75) is 58.5 Å². The van der Waals surface area contributed by atoms with Crippen LogP contribution >= 0.6 is 0 Å². The molecule has 7 nitrogen and oxygen atoms in total. The first-order valence-electron chi connectivity index (χ1n) is 7.58. The summed E-state index contributed by atoms with van der Waals surface area (Å²) < 4.78 is 1.05. The Balaban J connectivity index is 2.52. The molecule has 22 heavy (non-hydrogen) atoms. The lowest BCUT2D eigenvalue weighted by Crippen LogP contribution is -2.37. The summed E-state index contributed by atoms with van der Waals surface area (Å²) in [5, 5.41) is 13.5. The second kappa shape index (κ2) is 8.96. The van der Waals surface area contributed by atoms with Crippen molar-refractivity contribution in [2.24, 2.45) is 0 Å². The maximum Gasteiger partial charge on any atom is 0.285 e. The van der Waals surface area contributed by atoms with E-state index in [1.165, 1.54) is 6.42 Å². The Morgan fingerprint density at radius 3 is 2.73 bits per heavy atom. The number of carbonyl (C=O) groups is 1. The zero-order valence-electron chi connectivity index (χ0n) is 13.1. The lowest BCUT2D eigenvalue weighted by Gasteiger charge is -2.14. The minimum Gasteiger partial charge on any atom is -0.352 e. The quantitative estimate of drug-likeness (QED) is 0.430. The van der Waals surface area contributed by atoms with Crippen molar-refractivity contribution in [1.82, 2.24) is 9.88 Å². The maximum absolute atomic E-state index is 11.9. The summed E-state index contributed by atoms with van der Waals surface area (Å²) >= 11 is 0. The lowest BCUT2D eigenvalue weighted by molar-refractivity contribution is -0.385. The molecule has 1 amide bonds. The van der Waals surface area contributed by atoms with Crippen molar-refractivity contribution in [2.75, 3.05) is 0 Å². The molecule has 0 radical (unpaired) electrons. The number of hydrogen-bond donors (Lipinski definition) is 1. The van der Waals surface area contributed by atoms with Gasteiger partial charge in [0.25, 0.3) is 11.2 Å². The van der Waals surface area contributed by atoms with E-state index in [1.54, 1.807) is 0 Å². The molecular weight excluding hydrogens is 286 g/mol. The molecular formula is C15H23N3O4. The standard InChI is InChI=1S/C15H23N3O4/c1-3-4-5-6-7-12(2)16-14(19)11-17-10-13(18(21)22)8-9-15(17)20/h8-10,12H,3-7,11H2,1-2H3,(H,16,19)/t12-/m0/s1. The third-order valence-corrected chi connectivity index (χ3v) is 3.39. The predicted molar refractivity (Wildman–Crippen MR) is 83.7 cm³/mol. The van der Waals surface area contributed by atoms with E-state index in [2.05, 4.69) is 12.2 Å². The van der Waals surface area contributed by atoms with Crippen LogP contribution in [0.3, 0.4) is 0 Å². The summed E-state index contributed by atoms with van der Waals surface area (Å²) in [5.41, 5.74) is -0.642. The Kier molecular flexibility index (Phi) is 7.28. The first-order valence-corrected chi connectivity index (χ1v) is 7.58. The highest BCUT2D eigenvalue weighted by Gasteiger charge is 2.12. The average Bonchev–Trinajstić information content (AvgIpc) is 2.45.